The maximum absolute atomic E-state index is 10.5. The summed E-state index contributed by atoms with van der Waals surface area (Å²) in [6.45, 7) is 0. The predicted molar refractivity (Wildman–Crippen MR) is 50.8 cm³/mol. The molecule has 0 spiro atoms. The Bertz CT molecular complexity index is 391. The van der Waals surface area contributed by atoms with Crippen LogP contribution >= 0.6 is 11.6 Å². The molecule has 0 saturated carbocycles. The second kappa shape index (κ2) is 4.09. The van der Waals surface area contributed by atoms with Gasteiger partial charge >= 0.3 is 0 Å². The predicted octanol–water partition coefficient (Wildman–Crippen LogP) is 1.82. The number of rotatable bonds is 2. The van der Waals surface area contributed by atoms with E-state index in [4.69, 9.17) is 21.7 Å². The smallest absolute Gasteiger partial charge is 0.253 e. The highest BCUT2D eigenvalue weighted by atomic mass is 35.5. The van der Waals surface area contributed by atoms with Crippen LogP contribution in [-0.2, 0) is 4.74 Å². The number of nitrogens with one attached hydrogen (secondary N) is 1. The van der Waals surface area contributed by atoms with Crippen molar-refractivity contribution in [3.05, 3.63) is 38.3 Å². The molecule has 0 heterocycles. The van der Waals surface area contributed by atoms with Crippen molar-refractivity contribution >= 4 is 17.5 Å². The van der Waals surface area contributed by atoms with Gasteiger partial charge in [-0.1, -0.05) is 11.6 Å². The Labute approximate surface area is 85.0 Å². The first-order valence-corrected chi connectivity index (χ1v) is 4.05. The van der Waals surface area contributed by atoms with Crippen molar-refractivity contribution in [2.24, 2.45) is 0 Å². The van der Waals surface area contributed by atoms with Gasteiger partial charge in [0.1, 0.15) is 0 Å². The molecular formula is C8H7ClN2O3. The number of nitro groups is 1. The lowest BCUT2D eigenvalue weighted by Crippen LogP contribution is -2.08. The third kappa shape index (κ3) is 1.84. The number of hydrogen-bond donors (Lipinski definition) is 1. The Hall–Kier alpha value is -1.58. The molecule has 1 N–H and O–H groups in total. The summed E-state index contributed by atoms with van der Waals surface area (Å²) in [5.74, 6) is 2.34. The third-order valence-corrected chi connectivity index (χ3v) is 2.01. The first kappa shape index (κ1) is 10.5. The number of methoxy groups -OCH3 is 1. The topological polar surface area (TPSA) is 76.2 Å². The first-order valence-electron chi connectivity index (χ1n) is 3.67. The van der Waals surface area contributed by atoms with Gasteiger partial charge in [0, 0.05) is 6.08 Å². The van der Waals surface area contributed by atoms with Crippen LogP contribution < -0.4 is 0 Å². The van der Waals surface area contributed by atoms with Crippen molar-refractivity contribution in [1.29, 1.82) is 5.41 Å². The van der Waals surface area contributed by atoms with Crippen LogP contribution in [0, 0.1) is 15.5 Å². The van der Waals surface area contributed by atoms with Crippen molar-refractivity contribution in [2.75, 3.05) is 7.11 Å². The molecule has 0 unspecified atom stereocenters. The fraction of sp³-hybridized carbons (Fsp3) is 0.250. The van der Waals surface area contributed by atoms with Gasteiger partial charge in [0.25, 0.3) is 5.70 Å². The largest absolute Gasteiger partial charge is 0.494 e. The van der Waals surface area contributed by atoms with E-state index in [1.54, 1.807) is 0 Å². The summed E-state index contributed by atoms with van der Waals surface area (Å²) in [5.41, 5.74) is 0.220. The highest BCUT2D eigenvalue weighted by Crippen LogP contribution is 2.29. The van der Waals surface area contributed by atoms with Crippen LogP contribution in [0.3, 0.4) is 0 Å². The molecule has 0 amide bonds. The number of nitrogens with zero attached hydrogens (tertiary/aromatic N) is 1. The van der Waals surface area contributed by atoms with E-state index in [-0.39, 0.29) is 28.5 Å². The molecule has 0 saturated heterocycles. The van der Waals surface area contributed by atoms with Gasteiger partial charge in [0.05, 0.1) is 29.1 Å². The standard InChI is InChI=1S/C8H7ClN2O3/c1-14-8-5(4-10)2-6(11(12)13)3-7(8)9/h3,10H,2H2,1H3. The van der Waals surface area contributed by atoms with E-state index in [0.717, 1.165) is 0 Å². The van der Waals surface area contributed by atoms with Gasteiger partial charge < -0.3 is 4.74 Å². The Kier molecular flexibility index (Phi) is 3.06. The van der Waals surface area contributed by atoms with Crippen LogP contribution in [0.1, 0.15) is 6.42 Å². The minimum absolute atomic E-state index is 0.00981. The maximum atomic E-state index is 10.5. The van der Waals surface area contributed by atoms with Gasteiger partial charge in [0.2, 0.25) is 0 Å². The Morgan fingerprint density at radius 2 is 2.43 bits per heavy atom. The number of hydrogen-bond acceptors (Lipinski definition) is 4. The van der Waals surface area contributed by atoms with Crippen molar-refractivity contribution in [3.63, 3.8) is 0 Å². The lowest BCUT2D eigenvalue weighted by Gasteiger charge is -2.12. The number of allylic oxidation sites excluding steroid dienone is 4. The molecule has 0 aromatic rings. The molecule has 0 radical (unpaired) electrons. The summed E-state index contributed by atoms with van der Waals surface area (Å²) in [6, 6.07) is 0. The molecule has 0 aliphatic heterocycles. The zero-order valence-electron chi connectivity index (χ0n) is 7.33. The molecule has 0 fully saturated rings. The van der Waals surface area contributed by atoms with E-state index in [9.17, 15) is 10.1 Å². The van der Waals surface area contributed by atoms with E-state index in [2.05, 4.69) is 5.87 Å². The molecule has 1 aliphatic carbocycles. The summed E-state index contributed by atoms with van der Waals surface area (Å²) in [7, 11) is 1.39. The average Bonchev–Trinajstić information content (AvgIpc) is 2.16. The van der Waals surface area contributed by atoms with Crippen molar-refractivity contribution in [3.8, 4) is 0 Å². The quantitative estimate of drug-likeness (QED) is 0.433. The average molecular weight is 215 g/mol. The fourth-order valence-corrected chi connectivity index (χ4v) is 1.42. The van der Waals surface area contributed by atoms with E-state index in [1.165, 1.54) is 13.2 Å². The minimum atomic E-state index is -0.536. The van der Waals surface area contributed by atoms with E-state index in [0.29, 0.717) is 0 Å². The van der Waals surface area contributed by atoms with Crippen LogP contribution in [0.5, 0.6) is 0 Å². The lowest BCUT2D eigenvalue weighted by molar-refractivity contribution is -0.427. The lowest BCUT2D eigenvalue weighted by atomic mass is 10.0. The fourth-order valence-electron chi connectivity index (χ4n) is 1.11. The van der Waals surface area contributed by atoms with E-state index >= 15 is 0 Å². The van der Waals surface area contributed by atoms with Crippen LogP contribution in [0.15, 0.2) is 28.1 Å². The van der Waals surface area contributed by atoms with Gasteiger partial charge in [-0.05, 0) is 5.87 Å². The molecule has 14 heavy (non-hydrogen) atoms. The van der Waals surface area contributed by atoms with Gasteiger partial charge in [-0.25, -0.2) is 0 Å². The second-order valence-electron chi connectivity index (χ2n) is 2.55. The second-order valence-corrected chi connectivity index (χ2v) is 2.96. The number of ether oxygens (including phenoxy) is 1. The van der Waals surface area contributed by atoms with Crippen LogP contribution in [0.25, 0.3) is 0 Å². The normalized spacial score (nSPS) is 16.1. The molecule has 0 bridgehead atoms. The molecule has 6 heteroatoms. The first-order chi connectivity index (χ1) is 6.60. The number of halogens is 1. The molecule has 0 aromatic heterocycles. The van der Waals surface area contributed by atoms with Crippen molar-refractivity contribution in [1.82, 2.24) is 0 Å². The van der Waals surface area contributed by atoms with Crippen LogP contribution in [0.2, 0.25) is 0 Å². The maximum Gasteiger partial charge on any atom is 0.253 e. The van der Waals surface area contributed by atoms with Crippen molar-refractivity contribution < 1.29 is 9.66 Å². The van der Waals surface area contributed by atoms with E-state index in [1.807, 2.05) is 0 Å². The highest BCUT2D eigenvalue weighted by molar-refractivity contribution is 6.32. The summed E-state index contributed by atoms with van der Waals surface area (Å²) in [6.07, 6.45) is 1.23. The van der Waals surface area contributed by atoms with Gasteiger partial charge in [-0.3, -0.25) is 15.5 Å². The third-order valence-electron chi connectivity index (χ3n) is 1.73. The zero-order valence-corrected chi connectivity index (χ0v) is 8.09. The van der Waals surface area contributed by atoms with Crippen molar-refractivity contribution in [2.45, 2.75) is 6.42 Å². The highest BCUT2D eigenvalue weighted by Gasteiger charge is 2.24. The molecule has 5 nitrogen and oxygen atoms in total. The molecule has 1 rings (SSSR count). The molecule has 1 aliphatic rings. The summed E-state index contributed by atoms with van der Waals surface area (Å²) >= 11 is 5.72. The molecule has 0 aromatic carbocycles. The SMILES string of the molecule is COC1=C(Cl)C=C([N+](=O)[O-])CC1=C=N. The Morgan fingerprint density at radius 3 is 2.86 bits per heavy atom. The van der Waals surface area contributed by atoms with Gasteiger partial charge in [-0.2, -0.15) is 0 Å². The minimum Gasteiger partial charge on any atom is -0.494 e. The molecular weight excluding hydrogens is 208 g/mol. The molecule has 74 valence electrons. The van der Waals surface area contributed by atoms with Gasteiger partial charge in [0.15, 0.2) is 5.76 Å². The van der Waals surface area contributed by atoms with Crippen LogP contribution in [0.4, 0.5) is 0 Å². The monoisotopic (exact) mass is 214 g/mol. The van der Waals surface area contributed by atoms with Gasteiger partial charge in [-0.15, -0.1) is 0 Å². The molecule has 0 atom stereocenters. The summed E-state index contributed by atoms with van der Waals surface area (Å²) < 4.78 is 4.90. The van der Waals surface area contributed by atoms with Crippen LogP contribution in [-0.4, -0.2) is 17.9 Å². The Balaban J connectivity index is 3.21. The summed E-state index contributed by atoms with van der Waals surface area (Å²) in [5, 5.41) is 17.5. The zero-order chi connectivity index (χ0) is 10.7. The van der Waals surface area contributed by atoms with E-state index < -0.39 is 4.92 Å². The Morgan fingerprint density at radius 1 is 1.79 bits per heavy atom. The summed E-state index contributed by atoms with van der Waals surface area (Å²) in [4.78, 5) is 9.93.